The Morgan fingerprint density at radius 1 is 0.600 bits per heavy atom. The first-order valence-corrected chi connectivity index (χ1v) is 19.8. The van der Waals surface area contributed by atoms with Crippen molar-refractivity contribution in [1.29, 1.82) is 0 Å². The van der Waals surface area contributed by atoms with Crippen LogP contribution in [-0.2, 0) is 13.2 Å². The van der Waals surface area contributed by atoms with Crippen molar-refractivity contribution in [1.82, 2.24) is 9.97 Å². The highest BCUT2D eigenvalue weighted by molar-refractivity contribution is 9.11. The number of nitrogen functional groups attached to an aromatic ring is 1. The monoisotopic (exact) mass is 921 g/mol. The number of nitrogens with two attached hydrogens (primary N) is 3. The van der Waals surface area contributed by atoms with E-state index in [1.54, 1.807) is 26.4 Å². The van der Waals surface area contributed by atoms with Crippen LogP contribution in [0.25, 0.3) is 33.0 Å². The summed E-state index contributed by atoms with van der Waals surface area (Å²) in [5.41, 5.74) is 18.9. The molecule has 0 aliphatic carbocycles. The molecule has 0 saturated heterocycles. The summed E-state index contributed by atoms with van der Waals surface area (Å²) < 4.78 is 78.0. The third-order valence-corrected chi connectivity index (χ3v) is 11.3. The molecule has 5 aromatic carbocycles. The molecular weight excluding hydrogens is 891 g/mol. The number of hydrogen-bond acceptors (Lipinski definition) is 11. The second kappa shape index (κ2) is 19.0. The number of carbonyl (C=O) groups is 2. The topological polar surface area (TPSA) is 175 Å². The van der Waals surface area contributed by atoms with E-state index in [0.29, 0.717) is 32.8 Å². The minimum absolute atomic E-state index is 0.0554. The van der Waals surface area contributed by atoms with Gasteiger partial charge in [0, 0.05) is 16.8 Å². The van der Waals surface area contributed by atoms with E-state index in [9.17, 15) is 27.2 Å². The van der Waals surface area contributed by atoms with Gasteiger partial charge in [-0.05, 0) is 106 Å². The highest BCUT2D eigenvalue weighted by Gasteiger charge is 2.22. The average molecular weight is 923 g/mol. The van der Waals surface area contributed by atoms with Gasteiger partial charge >= 0.3 is 0 Å². The normalized spacial score (nSPS) is 10.7. The Kier molecular flexibility index (Phi) is 13.7. The third kappa shape index (κ3) is 9.85. The zero-order valence-electron chi connectivity index (χ0n) is 31.4. The van der Waals surface area contributed by atoms with Crippen LogP contribution in [-0.4, -0.2) is 36.0 Å². The van der Waals surface area contributed by atoms with Gasteiger partial charge in [-0.3, -0.25) is 9.59 Å². The summed E-state index contributed by atoms with van der Waals surface area (Å²) in [5.74, 6) is -5.90. The Bertz CT molecular complexity index is 2660. The molecule has 308 valence electrons. The van der Waals surface area contributed by atoms with Crippen molar-refractivity contribution in [2.24, 2.45) is 11.5 Å². The molecule has 7 aromatic rings. The molecule has 0 aliphatic rings. The molecule has 0 aliphatic heterocycles. The number of ether oxygens (including phenoxy) is 4. The van der Waals surface area contributed by atoms with E-state index >= 15 is 0 Å². The summed E-state index contributed by atoms with van der Waals surface area (Å²) in [6.45, 7) is -0.149. The molecule has 0 unspecified atom stereocenters. The fraction of sp³-hybridized carbons (Fsp3) is 0.0952. The van der Waals surface area contributed by atoms with Gasteiger partial charge in [-0.2, -0.15) is 0 Å². The lowest BCUT2D eigenvalue weighted by molar-refractivity contribution is 0.0982. The number of thiazole rings is 2. The van der Waals surface area contributed by atoms with Gasteiger partial charge < -0.3 is 36.1 Å². The minimum atomic E-state index is -1.21. The van der Waals surface area contributed by atoms with E-state index in [-0.39, 0.29) is 24.7 Å². The number of hydrogen-bond donors (Lipinski definition) is 3. The Balaban J connectivity index is 0.000000205. The summed E-state index contributed by atoms with van der Waals surface area (Å²) in [7, 11) is 3.17. The Labute approximate surface area is 356 Å². The van der Waals surface area contributed by atoms with E-state index in [1.807, 2.05) is 60.7 Å². The van der Waals surface area contributed by atoms with Gasteiger partial charge in [0.05, 0.1) is 34.3 Å². The first kappa shape index (κ1) is 43.1. The number of rotatable bonds is 13. The predicted molar refractivity (Wildman–Crippen MR) is 224 cm³/mol. The van der Waals surface area contributed by atoms with Crippen molar-refractivity contribution in [3.63, 3.8) is 0 Å². The smallest absolute Gasteiger partial charge is 0.254 e. The van der Waals surface area contributed by atoms with E-state index in [4.69, 9.17) is 36.1 Å². The molecule has 18 heteroatoms. The lowest BCUT2D eigenvalue weighted by Crippen LogP contribution is -2.16. The maximum Gasteiger partial charge on any atom is 0.254 e. The van der Waals surface area contributed by atoms with E-state index in [1.165, 1.54) is 22.7 Å². The molecule has 0 saturated carbocycles. The molecule has 0 radical (unpaired) electrons. The summed E-state index contributed by atoms with van der Waals surface area (Å²) in [4.78, 5) is 32.6. The quantitative estimate of drug-likeness (QED) is 0.0752. The standard InChI is InChI=1S/C24H19F2N3O3S.C18H13BrF2N2O3S/c1-31-16-8-4-13(5-9-16)22-23(14-2-6-15(27)7-3-14)33-19(29-22)12-32-18-11-10-17(25)20(21(18)26)24(28)30;1-25-10-4-2-9(3-5-10)16-17(19)27-13(23-16)8-26-12-7-6-11(20)14(15(12)21)18(22)24/h2-11H,12,27H2,1H3,(H2,28,30);2-7H,8H2,1H3,(H2,22,24). The van der Waals surface area contributed by atoms with Crippen LogP contribution in [0.2, 0.25) is 0 Å². The van der Waals surface area contributed by atoms with Crippen LogP contribution in [0.5, 0.6) is 23.0 Å². The number of carbonyl (C=O) groups excluding carboxylic acids is 2. The second-order valence-corrected chi connectivity index (χ2v) is 15.9. The number of amides is 2. The number of halogens is 5. The highest BCUT2D eigenvalue weighted by atomic mass is 79.9. The second-order valence-electron chi connectivity index (χ2n) is 12.4. The molecule has 11 nitrogen and oxygen atoms in total. The summed E-state index contributed by atoms with van der Waals surface area (Å²) in [6, 6.07) is 26.2. The van der Waals surface area contributed by atoms with Crippen LogP contribution < -0.4 is 36.1 Å². The first-order chi connectivity index (χ1) is 28.8. The number of benzene rings is 5. The highest BCUT2D eigenvalue weighted by Crippen LogP contribution is 2.39. The molecule has 60 heavy (non-hydrogen) atoms. The summed E-state index contributed by atoms with van der Waals surface area (Å²) in [5, 5.41) is 1.12. The van der Waals surface area contributed by atoms with Crippen molar-refractivity contribution in [3.8, 4) is 56.0 Å². The largest absolute Gasteiger partial charge is 0.497 e. The van der Waals surface area contributed by atoms with E-state index < -0.39 is 46.2 Å². The van der Waals surface area contributed by atoms with Crippen molar-refractivity contribution >= 4 is 56.1 Å². The Hall–Kier alpha value is -6.50. The minimum Gasteiger partial charge on any atom is -0.497 e. The van der Waals surface area contributed by atoms with Crippen LogP contribution >= 0.6 is 38.6 Å². The maximum absolute atomic E-state index is 14.5. The average Bonchev–Trinajstić information content (AvgIpc) is 3.84. The molecular formula is C42H32BrF4N5O6S2. The third-order valence-electron chi connectivity index (χ3n) is 8.51. The molecule has 2 amide bonds. The SMILES string of the molecule is COc1ccc(-c2nc(COc3ccc(F)c(C(N)=O)c3F)sc2-c2ccc(N)cc2)cc1.COc1ccc(-c2nc(COc3ccc(F)c(C(N)=O)c3F)sc2Br)cc1. The van der Waals surface area contributed by atoms with Crippen LogP contribution in [0.1, 0.15) is 30.7 Å². The van der Waals surface area contributed by atoms with Crippen LogP contribution in [0.3, 0.4) is 0 Å². The maximum atomic E-state index is 14.5. The van der Waals surface area contributed by atoms with Crippen molar-refractivity contribution in [2.45, 2.75) is 13.2 Å². The first-order valence-electron chi connectivity index (χ1n) is 17.4. The van der Waals surface area contributed by atoms with Crippen molar-refractivity contribution in [2.75, 3.05) is 20.0 Å². The number of methoxy groups -OCH3 is 2. The molecule has 0 fully saturated rings. The van der Waals surface area contributed by atoms with Crippen molar-refractivity contribution < 1.29 is 46.1 Å². The Morgan fingerprint density at radius 2 is 1.02 bits per heavy atom. The van der Waals surface area contributed by atoms with Crippen molar-refractivity contribution in [3.05, 3.63) is 145 Å². The fourth-order valence-electron chi connectivity index (χ4n) is 5.55. The Morgan fingerprint density at radius 3 is 1.47 bits per heavy atom. The lowest BCUT2D eigenvalue weighted by atomic mass is 10.1. The van der Waals surface area contributed by atoms with Crippen LogP contribution in [0, 0.1) is 23.3 Å². The predicted octanol–water partition coefficient (Wildman–Crippen LogP) is 9.56. The summed E-state index contributed by atoms with van der Waals surface area (Å²) >= 11 is 6.14. The molecule has 7 rings (SSSR count). The summed E-state index contributed by atoms with van der Waals surface area (Å²) in [6.07, 6.45) is 0. The molecule has 0 atom stereocenters. The van der Waals surface area contributed by atoms with Gasteiger partial charge in [-0.15, -0.1) is 22.7 Å². The fourth-order valence-corrected chi connectivity index (χ4v) is 8.16. The van der Waals surface area contributed by atoms with Gasteiger partial charge in [0.15, 0.2) is 23.1 Å². The van der Waals surface area contributed by atoms with Gasteiger partial charge in [0.1, 0.15) is 57.5 Å². The van der Waals surface area contributed by atoms with Crippen LogP contribution in [0.15, 0.2) is 101 Å². The van der Waals surface area contributed by atoms with E-state index in [2.05, 4.69) is 25.9 Å². The van der Waals surface area contributed by atoms with Gasteiger partial charge in [0.2, 0.25) is 0 Å². The number of aromatic nitrogens is 2. The van der Waals surface area contributed by atoms with Gasteiger partial charge in [-0.1, -0.05) is 12.1 Å². The molecule has 6 N–H and O–H groups in total. The zero-order chi connectivity index (χ0) is 43.1. The molecule has 2 heterocycles. The zero-order valence-corrected chi connectivity index (χ0v) is 34.7. The van der Waals surface area contributed by atoms with Gasteiger partial charge in [-0.25, -0.2) is 27.5 Å². The molecule has 0 bridgehead atoms. The van der Waals surface area contributed by atoms with Crippen LogP contribution in [0.4, 0.5) is 23.2 Å². The van der Waals surface area contributed by atoms with Gasteiger partial charge in [0.25, 0.3) is 11.8 Å². The molecule has 0 spiro atoms. The number of primary amides is 2. The molecule has 2 aromatic heterocycles. The number of nitrogens with zero attached hydrogens (tertiary/aromatic N) is 2. The lowest BCUT2D eigenvalue weighted by Gasteiger charge is -2.08. The number of anilines is 1. The van der Waals surface area contributed by atoms with E-state index in [0.717, 1.165) is 55.4 Å².